The standard InChI is InChI=1S/C23H19N3O3/c1-16-11-12-26-14-20(25-21(26)13-16)23(28)29-15-17-7-9-18(10-8-17)22(27)24-19-5-3-2-4-6-19/h2-14H,15H2,1H3,(H,24,27). The lowest BCUT2D eigenvalue weighted by Gasteiger charge is -2.07. The van der Waals surface area contributed by atoms with Gasteiger partial charge in [0, 0.05) is 23.6 Å². The number of benzene rings is 2. The van der Waals surface area contributed by atoms with Gasteiger partial charge in [-0.15, -0.1) is 0 Å². The highest BCUT2D eigenvalue weighted by atomic mass is 16.5. The number of amides is 1. The molecular formula is C23H19N3O3. The fraction of sp³-hybridized carbons (Fsp3) is 0.0870. The van der Waals surface area contributed by atoms with Gasteiger partial charge < -0.3 is 14.5 Å². The molecule has 2 aromatic heterocycles. The predicted molar refractivity (Wildman–Crippen MR) is 110 cm³/mol. The molecule has 1 N–H and O–H groups in total. The molecule has 29 heavy (non-hydrogen) atoms. The van der Waals surface area contributed by atoms with Crippen LogP contribution in [0.25, 0.3) is 5.65 Å². The minimum atomic E-state index is -0.489. The van der Waals surface area contributed by atoms with Gasteiger partial charge in [-0.25, -0.2) is 9.78 Å². The molecular weight excluding hydrogens is 366 g/mol. The van der Waals surface area contributed by atoms with E-state index < -0.39 is 5.97 Å². The van der Waals surface area contributed by atoms with Crippen molar-refractivity contribution < 1.29 is 14.3 Å². The number of esters is 1. The number of carbonyl (C=O) groups excluding carboxylic acids is 2. The molecule has 0 aliphatic rings. The summed E-state index contributed by atoms with van der Waals surface area (Å²) >= 11 is 0. The van der Waals surface area contributed by atoms with Gasteiger partial charge in [-0.3, -0.25) is 4.79 Å². The normalized spacial score (nSPS) is 10.7. The number of carbonyl (C=O) groups is 2. The molecule has 0 bridgehead atoms. The molecule has 6 nitrogen and oxygen atoms in total. The zero-order valence-electron chi connectivity index (χ0n) is 15.8. The minimum absolute atomic E-state index is 0.103. The average molecular weight is 385 g/mol. The van der Waals surface area contributed by atoms with Crippen LogP contribution in [0, 0.1) is 6.92 Å². The van der Waals surface area contributed by atoms with E-state index in [-0.39, 0.29) is 18.2 Å². The third-order valence-electron chi connectivity index (χ3n) is 4.44. The van der Waals surface area contributed by atoms with Gasteiger partial charge in [0.05, 0.1) is 0 Å². The fourth-order valence-electron chi connectivity index (χ4n) is 2.88. The molecule has 0 fully saturated rings. The van der Waals surface area contributed by atoms with Crippen molar-refractivity contribution in [1.82, 2.24) is 9.38 Å². The van der Waals surface area contributed by atoms with Gasteiger partial charge in [0.25, 0.3) is 5.91 Å². The highest BCUT2D eigenvalue weighted by Gasteiger charge is 2.13. The first kappa shape index (κ1) is 18.4. The van der Waals surface area contributed by atoms with Gasteiger partial charge in [-0.2, -0.15) is 0 Å². The molecule has 0 saturated heterocycles. The molecule has 0 spiro atoms. The highest BCUT2D eigenvalue weighted by molar-refractivity contribution is 6.04. The Morgan fingerprint density at radius 1 is 1.03 bits per heavy atom. The van der Waals surface area contributed by atoms with E-state index in [4.69, 9.17) is 4.74 Å². The summed E-state index contributed by atoms with van der Waals surface area (Å²) in [5.74, 6) is -0.683. The minimum Gasteiger partial charge on any atom is -0.456 e. The third kappa shape index (κ3) is 4.32. The van der Waals surface area contributed by atoms with Crippen molar-refractivity contribution in [3.05, 3.63) is 102 Å². The van der Waals surface area contributed by atoms with Crippen LogP contribution in [0.2, 0.25) is 0 Å². The molecule has 4 aromatic rings. The Labute approximate surface area is 167 Å². The lowest BCUT2D eigenvalue weighted by molar-refractivity contribution is 0.0466. The maximum absolute atomic E-state index is 12.3. The largest absolute Gasteiger partial charge is 0.456 e. The first-order valence-electron chi connectivity index (χ1n) is 9.16. The van der Waals surface area contributed by atoms with Gasteiger partial charge >= 0.3 is 5.97 Å². The Balaban J connectivity index is 1.37. The fourth-order valence-corrected chi connectivity index (χ4v) is 2.88. The summed E-state index contributed by atoms with van der Waals surface area (Å²) in [5, 5.41) is 2.83. The molecule has 2 aromatic carbocycles. The van der Waals surface area contributed by atoms with Crippen molar-refractivity contribution in [2.24, 2.45) is 0 Å². The molecule has 0 saturated carbocycles. The van der Waals surface area contributed by atoms with Gasteiger partial charge in [-0.05, 0) is 54.4 Å². The molecule has 4 rings (SSSR count). The zero-order chi connectivity index (χ0) is 20.2. The second-order valence-corrected chi connectivity index (χ2v) is 6.69. The first-order valence-corrected chi connectivity index (χ1v) is 9.16. The van der Waals surface area contributed by atoms with Crippen molar-refractivity contribution in [3.63, 3.8) is 0 Å². The van der Waals surface area contributed by atoms with Crippen molar-refractivity contribution in [1.29, 1.82) is 0 Å². The van der Waals surface area contributed by atoms with E-state index >= 15 is 0 Å². The molecule has 0 aliphatic heterocycles. The average Bonchev–Trinajstić information content (AvgIpc) is 3.16. The number of nitrogens with one attached hydrogen (secondary N) is 1. The van der Waals surface area contributed by atoms with Crippen LogP contribution in [0.1, 0.15) is 32.0 Å². The van der Waals surface area contributed by atoms with E-state index in [0.717, 1.165) is 16.8 Å². The number of imidazole rings is 1. The Morgan fingerprint density at radius 2 is 1.79 bits per heavy atom. The lowest BCUT2D eigenvalue weighted by Crippen LogP contribution is -2.12. The highest BCUT2D eigenvalue weighted by Crippen LogP contribution is 2.12. The summed E-state index contributed by atoms with van der Waals surface area (Å²) in [7, 11) is 0. The van der Waals surface area contributed by atoms with Crippen LogP contribution in [0.5, 0.6) is 0 Å². The SMILES string of the molecule is Cc1ccn2cc(C(=O)OCc3ccc(C(=O)Nc4ccccc4)cc3)nc2c1. The molecule has 2 heterocycles. The summed E-state index contributed by atoms with van der Waals surface area (Å²) in [6.07, 6.45) is 3.50. The summed E-state index contributed by atoms with van der Waals surface area (Å²) in [6.45, 7) is 2.07. The van der Waals surface area contributed by atoms with E-state index in [2.05, 4.69) is 10.3 Å². The quantitative estimate of drug-likeness (QED) is 0.521. The monoisotopic (exact) mass is 385 g/mol. The Bertz CT molecular complexity index is 1170. The number of hydrogen-bond donors (Lipinski definition) is 1. The van der Waals surface area contributed by atoms with Crippen LogP contribution in [-0.2, 0) is 11.3 Å². The number of rotatable bonds is 5. The number of anilines is 1. The van der Waals surface area contributed by atoms with Crippen LogP contribution in [0.4, 0.5) is 5.69 Å². The zero-order valence-corrected chi connectivity index (χ0v) is 15.8. The number of hydrogen-bond acceptors (Lipinski definition) is 4. The smallest absolute Gasteiger partial charge is 0.358 e. The molecule has 1 amide bonds. The van der Waals surface area contributed by atoms with Gasteiger partial charge in [0.1, 0.15) is 12.3 Å². The topological polar surface area (TPSA) is 72.7 Å². The molecule has 0 atom stereocenters. The first-order chi connectivity index (χ1) is 14.1. The van der Waals surface area contributed by atoms with E-state index in [0.29, 0.717) is 11.2 Å². The van der Waals surface area contributed by atoms with Crippen molar-refractivity contribution in [2.75, 3.05) is 5.32 Å². The number of ether oxygens (including phenoxy) is 1. The van der Waals surface area contributed by atoms with Gasteiger partial charge in [-0.1, -0.05) is 30.3 Å². The maximum Gasteiger partial charge on any atom is 0.358 e. The Morgan fingerprint density at radius 3 is 2.55 bits per heavy atom. The van der Waals surface area contributed by atoms with E-state index in [1.165, 1.54) is 0 Å². The summed E-state index contributed by atoms with van der Waals surface area (Å²) in [4.78, 5) is 28.9. The molecule has 144 valence electrons. The predicted octanol–water partition coefficient (Wildman–Crippen LogP) is 4.25. The van der Waals surface area contributed by atoms with Crippen molar-refractivity contribution in [3.8, 4) is 0 Å². The summed E-state index contributed by atoms with van der Waals surface area (Å²) in [6, 6.07) is 20.0. The van der Waals surface area contributed by atoms with Gasteiger partial charge in [0.15, 0.2) is 5.69 Å². The Kier molecular flexibility index (Phi) is 5.07. The Hall–Kier alpha value is -3.93. The second-order valence-electron chi connectivity index (χ2n) is 6.69. The van der Waals surface area contributed by atoms with Crippen LogP contribution < -0.4 is 5.32 Å². The summed E-state index contributed by atoms with van der Waals surface area (Å²) < 4.78 is 7.14. The van der Waals surface area contributed by atoms with E-state index in [9.17, 15) is 9.59 Å². The number of para-hydroxylation sites is 1. The van der Waals surface area contributed by atoms with Crippen LogP contribution in [0.3, 0.4) is 0 Å². The maximum atomic E-state index is 12.3. The molecule has 0 radical (unpaired) electrons. The number of aromatic nitrogens is 2. The van der Waals surface area contributed by atoms with Crippen molar-refractivity contribution >= 4 is 23.2 Å². The number of nitrogens with zero attached hydrogens (tertiary/aromatic N) is 2. The molecule has 0 aliphatic carbocycles. The third-order valence-corrected chi connectivity index (χ3v) is 4.44. The van der Waals surface area contributed by atoms with Crippen LogP contribution in [-0.4, -0.2) is 21.3 Å². The summed E-state index contributed by atoms with van der Waals surface area (Å²) in [5.41, 5.74) is 4.08. The number of aryl methyl sites for hydroxylation is 1. The number of fused-ring (bicyclic) bond motifs is 1. The molecule has 6 heteroatoms. The van der Waals surface area contributed by atoms with Gasteiger partial charge in [0.2, 0.25) is 0 Å². The second kappa shape index (κ2) is 7.98. The van der Waals surface area contributed by atoms with E-state index in [1.807, 2.05) is 55.6 Å². The van der Waals surface area contributed by atoms with Crippen LogP contribution in [0.15, 0.2) is 79.1 Å². The molecule has 0 unspecified atom stereocenters. The van der Waals surface area contributed by atoms with Crippen LogP contribution >= 0.6 is 0 Å². The lowest BCUT2D eigenvalue weighted by atomic mass is 10.1. The van der Waals surface area contributed by atoms with E-state index in [1.54, 1.807) is 34.9 Å². The number of pyridine rings is 1. The van der Waals surface area contributed by atoms with Crippen molar-refractivity contribution in [2.45, 2.75) is 13.5 Å².